The van der Waals surface area contributed by atoms with Crippen LogP contribution in [0.25, 0.3) is 10.8 Å². The van der Waals surface area contributed by atoms with Crippen LogP contribution in [0.2, 0.25) is 0 Å². The highest BCUT2D eigenvalue weighted by atomic mass is 16.4. The predicted octanol–water partition coefficient (Wildman–Crippen LogP) is 3.77. The fourth-order valence-electron chi connectivity index (χ4n) is 4.92. The average molecular weight is 444 g/mol. The van der Waals surface area contributed by atoms with Gasteiger partial charge in [0.2, 0.25) is 0 Å². The van der Waals surface area contributed by atoms with Crippen LogP contribution in [0.3, 0.4) is 0 Å². The van der Waals surface area contributed by atoms with Gasteiger partial charge in [-0.1, -0.05) is 48.5 Å². The Bertz CT molecular complexity index is 1200. The number of anilines is 1. The SMILES string of the molecule is Cc1ccc(N2CCN(CC(=O)O)CC2)cc1C(=O)NC1(c2cccc3ccccc23)CC1. The number of nitrogens with one attached hydrogen (secondary N) is 1. The van der Waals surface area contributed by atoms with Crippen molar-refractivity contribution in [1.82, 2.24) is 10.2 Å². The largest absolute Gasteiger partial charge is 0.480 e. The second-order valence-electron chi connectivity index (χ2n) is 9.22. The Morgan fingerprint density at radius 1 is 0.970 bits per heavy atom. The van der Waals surface area contributed by atoms with Crippen molar-refractivity contribution in [2.24, 2.45) is 0 Å². The number of piperazine rings is 1. The van der Waals surface area contributed by atoms with Gasteiger partial charge in [-0.2, -0.15) is 0 Å². The van der Waals surface area contributed by atoms with E-state index in [9.17, 15) is 9.59 Å². The molecule has 6 heteroatoms. The Kier molecular flexibility index (Phi) is 5.54. The number of rotatable bonds is 6. The summed E-state index contributed by atoms with van der Waals surface area (Å²) in [6, 6.07) is 20.7. The first-order chi connectivity index (χ1) is 15.9. The van der Waals surface area contributed by atoms with Crippen LogP contribution >= 0.6 is 0 Å². The molecule has 1 heterocycles. The molecule has 1 aliphatic heterocycles. The quantitative estimate of drug-likeness (QED) is 0.607. The Hall–Kier alpha value is -3.38. The lowest BCUT2D eigenvalue weighted by molar-refractivity contribution is -0.138. The highest BCUT2D eigenvalue weighted by molar-refractivity contribution is 5.98. The summed E-state index contributed by atoms with van der Waals surface area (Å²) < 4.78 is 0. The van der Waals surface area contributed by atoms with Gasteiger partial charge in [-0.25, -0.2) is 0 Å². The fourth-order valence-corrected chi connectivity index (χ4v) is 4.92. The van der Waals surface area contributed by atoms with E-state index in [-0.39, 0.29) is 18.0 Å². The standard InChI is InChI=1S/C27H29N3O3/c1-19-9-10-21(30-15-13-29(14-16-30)18-25(31)32)17-23(19)26(33)28-27(11-12-27)24-8-4-6-20-5-2-3-7-22(20)24/h2-10,17H,11-16,18H2,1H3,(H,28,33)(H,31,32). The second-order valence-corrected chi connectivity index (χ2v) is 9.22. The zero-order chi connectivity index (χ0) is 23.0. The van der Waals surface area contributed by atoms with Crippen LogP contribution in [-0.2, 0) is 10.3 Å². The number of nitrogens with zero attached hydrogens (tertiary/aromatic N) is 2. The van der Waals surface area contributed by atoms with Gasteiger partial charge in [0.15, 0.2) is 0 Å². The van der Waals surface area contributed by atoms with Crippen molar-refractivity contribution in [2.45, 2.75) is 25.3 Å². The van der Waals surface area contributed by atoms with Gasteiger partial charge >= 0.3 is 5.97 Å². The van der Waals surface area contributed by atoms with Crippen LogP contribution in [0.5, 0.6) is 0 Å². The molecule has 2 fully saturated rings. The van der Waals surface area contributed by atoms with Crippen molar-refractivity contribution in [1.29, 1.82) is 0 Å². The number of aryl methyl sites for hydroxylation is 1. The normalized spacial score (nSPS) is 17.7. The Morgan fingerprint density at radius 2 is 1.70 bits per heavy atom. The maximum Gasteiger partial charge on any atom is 0.317 e. The molecule has 0 atom stereocenters. The van der Waals surface area contributed by atoms with Crippen molar-refractivity contribution in [3.8, 4) is 0 Å². The number of carboxylic acid groups (broad SMARTS) is 1. The lowest BCUT2D eigenvalue weighted by Crippen LogP contribution is -2.48. The second kappa shape index (κ2) is 8.52. The Labute approximate surface area is 193 Å². The van der Waals surface area contributed by atoms with Gasteiger partial charge in [0.05, 0.1) is 12.1 Å². The Morgan fingerprint density at radius 3 is 2.42 bits per heavy atom. The summed E-state index contributed by atoms with van der Waals surface area (Å²) in [7, 11) is 0. The number of hydrogen-bond acceptors (Lipinski definition) is 4. The van der Waals surface area contributed by atoms with E-state index in [4.69, 9.17) is 5.11 Å². The lowest BCUT2D eigenvalue weighted by atomic mass is 9.96. The van der Waals surface area contributed by atoms with Crippen molar-refractivity contribution >= 4 is 28.3 Å². The molecule has 6 nitrogen and oxygen atoms in total. The maximum absolute atomic E-state index is 13.4. The molecular weight excluding hydrogens is 414 g/mol. The van der Waals surface area contributed by atoms with Gasteiger partial charge in [-0.3, -0.25) is 14.5 Å². The molecular formula is C27H29N3O3. The van der Waals surface area contributed by atoms with E-state index in [1.807, 2.05) is 36.1 Å². The van der Waals surface area contributed by atoms with Crippen LogP contribution in [-0.4, -0.2) is 54.6 Å². The number of fused-ring (bicyclic) bond motifs is 1. The monoisotopic (exact) mass is 443 g/mol. The summed E-state index contributed by atoms with van der Waals surface area (Å²) in [5.41, 5.74) is 3.55. The third-order valence-corrected chi connectivity index (χ3v) is 6.97. The smallest absolute Gasteiger partial charge is 0.317 e. The van der Waals surface area contributed by atoms with E-state index in [2.05, 4.69) is 46.6 Å². The van der Waals surface area contributed by atoms with Crippen molar-refractivity contribution in [3.63, 3.8) is 0 Å². The summed E-state index contributed by atoms with van der Waals surface area (Å²) in [5.74, 6) is -0.831. The molecule has 5 rings (SSSR count). The molecule has 0 radical (unpaired) electrons. The third kappa shape index (κ3) is 4.31. The molecule has 0 aromatic heterocycles. The van der Waals surface area contributed by atoms with E-state index in [0.717, 1.165) is 37.2 Å². The number of aliphatic carboxylic acids is 1. The zero-order valence-electron chi connectivity index (χ0n) is 18.9. The molecule has 0 spiro atoms. The van der Waals surface area contributed by atoms with Gasteiger partial charge in [0, 0.05) is 37.4 Å². The minimum absolute atomic E-state index is 0.0377. The summed E-state index contributed by atoms with van der Waals surface area (Å²) in [6.07, 6.45) is 1.88. The molecule has 1 saturated carbocycles. The molecule has 1 aliphatic carbocycles. The molecule has 33 heavy (non-hydrogen) atoms. The van der Waals surface area contributed by atoms with E-state index in [1.165, 1.54) is 16.3 Å². The highest BCUT2D eigenvalue weighted by Gasteiger charge is 2.46. The molecule has 1 saturated heterocycles. The summed E-state index contributed by atoms with van der Waals surface area (Å²) in [4.78, 5) is 28.6. The minimum Gasteiger partial charge on any atom is -0.480 e. The Balaban J connectivity index is 1.35. The van der Waals surface area contributed by atoms with Crippen LogP contribution in [0.1, 0.15) is 34.3 Å². The third-order valence-electron chi connectivity index (χ3n) is 6.97. The number of carbonyl (C=O) groups is 2. The zero-order valence-corrected chi connectivity index (χ0v) is 18.9. The molecule has 2 aliphatic rings. The van der Waals surface area contributed by atoms with Gasteiger partial charge < -0.3 is 15.3 Å². The minimum atomic E-state index is -0.794. The predicted molar refractivity (Wildman–Crippen MR) is 130 cm³/mol. The molecule has 0 bridgehead atoms. The molecule has 3 aromatic carbocycles. The van der Waals surface area contributed by atoms with Crippen LogP contribution in [0.15, 0.2) is 60.7 Å². The first-order valence-electron chi connectivity index (χ1n) is 11.6. The van der Waals surface area contributed by atoms with Crippen molar-refractivity contribution in [3.05, 3.63) is 77.4 Å². The van der Waals surface area contributed by atoms with E-state index >= 15 is 0 Å². The van der Waals surface area contributed by atoms with Gasteiger partial charge in [-0.05, 0) is 53.8 Å². The summed E-state index contributed by atoms with van der Waals surface area (Å²) in [5, 5.41) is 14.8. The molecule has 0 unspecified atom stereocenters. The molecule has 3 aromatic rings. The van der Waals surface area contributed by atoms with E-state index in [0.29, 0.717) is 18.7 Å². The average Bonchev–Trinajstić information content (AvgIpc) is 3.59. The number of carbonyl (C=O) groups excluding carboxylic acids is 1. The topological polar surface area (TPSA) is 72.9 Å². The number of carboxylic acids is 1. The fraction of sp³-hybridized carbons (Fsp3) is 0.333. The number of hydrogen-bond donors (Lipinski definition) is 2. The van der Waals surface area contributed by atoms with E-state index in [1.54, 1.807) is 0 Å². The lowest BCUT2D eigenvalue weighted by Gasteiger charge is -2.35. The van der Waals surface area contributed by atoms with Gasteiger partial charge in [0.25, 0.3) is 5.91 Å². The number of amides is 1. The number of benzene rings is 3. The first-order valence-corrected chi connectivity index (χ1v) is 11.6. The molecule has 1 amide bonds. The molecule has 170 valence electrons. The molecule has 2 N–H and O–H groups in total. The van der Waals surface area contributed by atoms with Crippen LogP contribution in [0.4, 0.5) is 5.69 Å². The van der Waals surface area contributed by atoms with Gasteiger partial charge in [0.1, 0.15) is 0 Å². The first kappa shape index (κ1) is 21.5. The summed E-state index contributed by atoms with van der Waals surface area (Å²) >= 11 is 0. The van der Waals surface area contributed by atoms with E-state index < -0.39 is 5.97 Å². The van der Waals surface area contributed by atoms with Crippen molar-refractivity contribution < 1.29 is 14.7 Å². The van der Waals surface area contributed by atoms with Gasteiger partial charge in [-0.15, -0.1) is 0 Å². The maximum atomic E-state index is 13.4. The van der Waals surface area contributed by atoms with Crippen molar-refractivity contribution in [2.75, 3.05) is 37.6 Å². The highest BCUT2D eigenvalue weighted by Crippen LogP contribution is 2.48. The summed E-state index contributed by atoms with van der Waals surface area (Å²) in [6.45, 7) is 4.94. The van der Waals surface area contributed by atoms with Crippen LogP contribution < -0.4 is 10.2 Å². The van der Waals surface area contributed by atoms with Crippen LogP contribution in [0, 0.1) is 6.92 Å².